The molecule has 4 nitrogen and oxygen atoms in total. The van der Waals surface area contributed by atoms with Crippen molar-refractivity contribution in [3.8, 4) is 5.75 Å². The average Bonchev–Trinajstić information content (AvgIpc) is 2.96. The van der Waals surface area contributed by atoms with E-state index in [-0.39, 0.29) is 17.2 Å². The lowest BCUT2D eigenvalue weighted by Gasteiger charge is -2.19. The van der Waals surface area contributed by atoms with Gasteiger partial charge in [0.15, 0.2) is 0 Å². The van der Waals surface area contributed by atoms with Crippen LogP contribution in [0.4, 0.5) is 4.79 Å². The number of hydrogen-bond donors (Lipinski definition) is 0. The second-order valence-electron chi connectivity index (χ2n) is 6.38. The van der Waals surface area contributed by atoms with Gasteiger partial charge in [-0.25, -0.2) is 0 Å². The minimum Gasteiger partial charge on any atom is -0.488 e. The first kappa shape index (κ1) is 20.8. The summed E-state index contributed by atoms with van der Waals surface area (Å²) >= 11 is 12.9. The van der Waals surface area contributed by atoms with E-state index in [2.05, 4.69) is 0 Å². The zero-order valence-electron chi connectivity index (χ0n) is 15.4. The van der Waals surface area contributed by atoms with Gasteiger partial charge in [0, 0.05) is 11.6 Å². The zero-order chi connectivity index (χ0) is 20.3. The van der Waals surface area contributed by atoms with Gasteiger partial charge in [-0.1, -0.05) is 54.4 Å². The standard InChI is InChI=1S/C21H19Cl2NO3S/c1-3-13(2)24-20(25)19(28-21(24)26)11-15-6-4-5-7-18(15)27-12-14-8-9-16(22)17(23)10-14/h4-11,13H,3,12H2,1-2H3/b19-11+/t13-/m0/s1. The van der Waals surface area contributed by atoms with Crippen LogP contribution >= 0.6 is 35.0 Å². The molecule has 1 heterocycles. The molecule has 0 spiro atoms. The van der Waals surface area contributed by atoms with Crippen LogP contribution in [0.1, 0.15) is 31.4 Å². The lowest BCUT2D eigenvalue weighted by Crippen LogP contribution is -2.36. The number of para-hydroxylation sites is 1. The van der Waals surface area contributed by atoms with E-state index in [0.717, 1.165) is 22.9 Å². The van der Waals surface area contributed by atoms with Crippen molar-refractivity contribution in [2.45, 2.75) is 32.9 Å². The number of amides is 2. The minimum absolute atomic E-state index is 0.125. The number of nitrogens with zero attached hydrogens (tertiary/aromatic N) is 1. The Morgan fingerprint density at radius 1 is 1.14 bits per heavy atom. The Bertz CT molecular complexity index is 945. The number of hydrogen-bond acceptors (Lipinski definition) is 4. The van der Waals surface area contributed by atoms with Crippen LogP contribution in [0.15, 0.2) is 47.4 Å². The van der Waals surface area contributed by atoms with Gasteiger partial charge in [0.25, 0.3) is 11.1 Å². The average molecular weight is 436 g/mol. The third-order valence-electron chi connectivity index (χ3n) is 4.44. The maximum Gasteiger partial charge on any atom is 0.293 e. The van der Waals surface area contributed by atoms with E-state index in [9.17, 15) is 9.59 Å². The van der Waals surface area contributed by atoms with Crippen LogP contribution in [0, 0.1) is 0 Å². The smallest absolute Gasteiger partial charge is 0.293 e. The number of imide groups is 1. The fourth-order valence-corrected chi connectivity index (χ4v) is 3.95. The molecule has 1 fully saturated rings. The molecule has 0 unspecified atom stereocenters. The number of halogens is 2. The number of thioether (sulfide) groups is 1. The highest BCUT2D eigenvalue weighted by atomic mass is 35.5. The molecule has 0 saturated carbocycles. The van der Waals surface area contributed by atoms with Gasteiger partial charge in [-0.05, 0) is 54.9 Å². The third-order valence-corrected chi connectivity index (χ3v) is 6.06. The van der Waals surface area contributed by atoms with Gasteiger partial charge >= 0.3 is 0 Å². The van der Waals surface area contributed by atoms with Crippen molar-refractivity contribution in [2.75, 3.05) is 0 Å². The Kier molecular flexibility index (Phi) is 6.70. The number of ether oxygens (including phenoxy) is 1. The largest absolute Gasteiger partial charge is 0.488 e. The monoisotopic (exact) mass is 435 g/mol. The molecule has 3 rings (SSSR count). The zero-order valence-corrected chi connectivity index (χ0v) is 17.8. The lowest BCUT2D eigenvalue weighted by molar-refractivity contribution is -0.124. The molecule has 1 saturated heterocycles. The second-order valence-corrected chi connectivity index (χ2v) is 8.19. The number of rotatable bonds is 6. The van der Waals surface area contributed by atoms with E-state index in [0.29, 0.717) is 33.7 Å². The predicted octanol–water partition coefficient (Wildman–Crippen LogP) is 6.41. The maximum atomic E-state index is 12.6. The highest BCUT2D eigenvalue weighted by Gasteiger charge is 2.37. The third kappa shape index (κ3) is 4.54. The second kappa shape index (κ2) is 9.03. The summed E-state index contributed by atoms with van der Waals surface area (Å²) in [5.74, 6) is 0.354. The molecule has 0 radical (unpaired) electrons. The minimum atomic E-state index is -0.261. The first-order chi connectivity index (χ1) is 13.4. The van der Waals surface area contributed by atoms with Crippen molar-refractivity contribution in [1.82, 2.24) is 4.90 Å². The summed E-state index contributed by atoms with van der Waals surface area (Å²) in [4.78, 5) is 26.6. The maximum absolute atomic E-state index is 12.6. The fraction of sp³-hybridized carbons (Fsp3) is 0.238. The van der Waals surface area contributed by atoms with Crippen LogP contribution in [0.3, 0.4) is 0 Å². The van der Waals surface area contributed by atoms with Crippen molar-refractivity contribution >= 4 is 52.2 Å². The van der Waals surface area contributed by atoms with Crippen LogP contribution in [-0.2, 0) is 11.4 Å². The molecule has 2 amide bonds. The molecule has 0 bridgehead atoms. The topological polar surface area (TPSA) is 46.6 Å². The van der Waals surface area contributed by atoms with Crippen molar-refractivity contribution in [2.24, 2.45) is 0 Å². The van der Waals surface area contributed by atoms with E-state index in [1.54, 1.807) is 18.2 Å². The fourth-order valence-electron chi connectivity index (χ4n) is 2.71. The number of carbonyl (C=O) groups is 2. The van der Waals surface area contributed by atoms with E-state index < -0.39 is 0 Å². The van der Waals surface area contributed by atoms with E-state index in [1.165, 1.54) is 4.90 Å². The summed E-state index contributed by atoms with van der Waals surface area (Å²) in [5, 5.41) is 0.720. The van der Waals surface area contributed by atoms with Crippen LogP contribution in [0.5, 0.6) is 5.75 Å². The molecule has 2 aromatic carbocycles. The molecule has 0 aromatic heterocycles. The van der Waals surface area contributed by atoms with Crippen LogP contribution in [0.2, 0.25) is 10.0 Å². The van der Waals surface area contributed by atoms with Gasteiger partial charge in [0.1, 0.15) is 12.4 Å². The summed E-state index contributed by atoms with van der Waals surface area (Å²) < 4.78 is 5.92. The van der Waals surface area contributed by atoms with Crippen molar-refractivity contribution in [3.63, 3.8) is 0 Å². The molecule has 0 N–H and O–H groups in total. The molecule has 1 aliphatic rings. The molecule has 28 heavy (non-hydrogen) atoms. The Balaban J connectivity index is 1.80. The molecule has 1 atom stereocenters. The highest BCUT2D eigenvalue weighted by Crippen LogP contribution is 2.35. The SMILES string of the molecule is CC[C@H](C)N1C(=O)S/C(=C/c2ccccc2OCc2ccc(Cl)c(Cl)c2)C1=O. The summed E-state index contributed by atoms with van der Waals surface area (Å²) in [6.45, 7) is 4.12. The van der Waals surface area contributed by atoms with E-state index in [4.69, 9.17) is 27.9 Å². The summed E-state index contributed by atoms with van der Waals surface area (Å²) in [5.41, 5.74) is 1.61. The molecule has 1 aliphatic heterocycles. The number of benzene rings is 2. The summed E-state index contributed by atoms with van der Waals surface area (Å²) in [6.07, 6.45) is 2.42. The van der Waals surface area contributed by atoms with Crippen LogP contribution in [-0.4, -0.2) is 22.1 Å². The molecule has 2 aromatic rings. The summed E-state index contributed by atoms with van der Waals surface area (Å²) in [7, 11) is 0. The van der Waals surface area contributed by atoms with Crippen LogP contribution in [0.25, 0.3) is 6.08 Å². The number of carbonyl (C=O) groups excluding carboxylic acids is 2. The molecular weight excluding hydrogens is 417 g/mol. The van der Waals surface area contributed by atoms with Crippen molar-refractivity contribution < 1.29 is 14.3 Å². The normalized spacial score (nSPS) is 16.7. The first-order valence-corrected chi connectivity index (χ1v) is 10.4. The Labute approximate surface area is 178 Å². The van der Waals surface area contributed by atoms with Gasteiger partial charge in [0.05, 0.1) is 15.0 Å². The Hall–Kier alpha value is -1.95. The lowest BCUT2D eigenvalue weighted by atomic mass is 10.1. The van der Waals surface area contributed by atoms with Crippen molar-refractivity contribution in [3.05, 3.63) is 68.5 Å². The van der Waals surface area contributed by atoms with E-state index in [1.807, 2.05) is 44.2 Å². The predicted molar refractivity (Wildman–Crippen MR) is 115 cm³/mol. The molecule has 146 valence electrons. The van der Waals surface area contributed by atoms with Gasteiger partial charge in [-0.2, -0.15) is 0 Å². The Morgan fingerprint density at radius 3 is 2.61 bits per heavy atom. The van der Waals surface area contributed by atoms with Gasteiger partial charge in [0.2, 0.25) is 0 Å². The quantitative estimate of drug-likeness (QED) is 0.491. The van der Waals surface area contributed by atoms with Crippen LogP contribution < -0.4 is 4.74 Å². The van der Waals surface area contributed by atoms with Gasteiger partial charge < -0.3 is 4.74 Å². The van der Waals surface area contributed by atoms with Crippen molar-refractivity contribution in [1.29, 1.82) is 0 Å². The molecule has 0 aliphatic carbocycles. The first-order valence-electron chi connectivity index (χ1n) is 8.83. The van der Waals surface area contributed by atoms with Gasteiger partial charge in [-0.3, -0.25) is 14.5 Å². The molecule has 7 heteroatoms. The van der Waals surface area contributed by atoms with E-state index >= 15 is 0 Å². The highest BCUT2D eigenvalue weighted by molar-refractivity contribution is 8.18. The molecular formula is C21H19Cl2NO3S. The Morgan fingerprint density at radius 2 is 1.89 bits per heavy atom. The van der Waals surface area contributed by atoms with Gasteiger partial charge in [-0.15, -0.1) is 0 Å². The summed E-state index contributed by atoms with van der Waals surface area (Å²) in [6, 6.07) is 12.6.